The minimum atomic E-state index is -1.21. The molecule has 0 amide bonds. The van der Waals surface area contributed by atoms with E-state index in [9.17, 15) is 30.3 Å². The van der Waals surface area contributed by atoms with Crippen molar-refractivity contribution in [1.82, 2.24) is 0 Å². The van der Waals surface area contributed by atoms with Gasteiger partial charge in [0.1, 0.15) is 0 Å². The van der Waals surface area contributed by atoms with Crippen molar-refractivity contribution in [2.75, 3.05) is 0 Å². The maximum absolute atomic E-state index is 10.4. The van der Waals surface area contributed by atoms with Gasteiger partial charge >= 0.3 is 11.4 Å². The lowest BCUT2D eigenvalue weighted by Gasteiger charge is -1.98. The van der Waals surface area contributed by atoms with E-state index in [2.05, 4.69) is 48.5 Å². The van der Waals surface area contributed by atoms with E-state index in [4.69, 9.17) is 5.11 Å². The van der Waals surface area contributed by atoms with E-state index in [0.717, 1.165) is 6.42 Å². The number of fused-ring (bicyclic) bond motifs is 3. The van der Waals surface area contributed by atoms with Crippen LogP contribution in [0.25, 0.3) is 11.1 Å². The van der Waals surface area contributed by atoms with Crippen LogP contribution in [0.2, 0.25) is 0 Å². The second kappa shape index (κ2) is 7.72. The molecule has 0 atom stereocenters. The van der Waals surface area contributed by atoms with E-state index in [0.29, 0.717) is 12.1 Å². The Bertz CT molecular complexity index is 1070. The van der Waals surface area contributed by atoms with Crippen molar-refractivity contribution < 1.29 is 19.9 Å². The van der Waals surface area contributed by atoms with Gasteiger partial charge in [-0.1, -0.05) is 48.5 Å². The molecule has 0 aliphatic heterocycles. The van der Waals surface area contributed by atoms with Gasteiger partial charge in [0.15, 0.2) is 0 Å². The third kappa shape index (κ3) is 3.86. The van der Waals surface area contributed by atoms with Crippen LogP contribution >= 0.6 is 0 Å². The van der Waals surface area contributed by atoms with Crippen LogP contribution in [0.15, 0.2) is 60.7 Å². The zero-order chi connectivity index (χ0) is 21.1. The number of hydrogen-bond donors (Lipinski definition) is 1. The predicted octanol–water partition coefficient (Wildman–Crippen LogP) is 4.37. The number of nitro groups is 3. The summed E-state index contributed by atoms with van der Waals surface area (Å²) in [6, 6.07) is 18.2. The monoisotopic (exact) mass is 395 g/mol. The molecule has 0 heterocycles. The number of benzene rings is 3. The molecule has 4 rings (SSSR count). The van der Waals surface area contributed by atoms with Crippen LogP contribution in [0.3, 0.4) is 0 Å². The van der Waals surface area contributed by atoms with Crippen molar-refractivity contribution in [2.45, 2.75) is 6.42 Å². The first kappa shape index (κ1) is 19.4. The largest absolute Gasteiger partial charge is 0.497 e. The normalized spacial score (nSPS) is 10.9. The zero-order valence-corrected chi connectivity index (χ0v) is 14.7. The Morgan fingerprint density at radius 2 is 1.10 bits per heavy atom. The smallest absolute Gasteiger partial charge is 0.324 e. The van der Waals surface area contributed by atoms with Crippen molar-refractivity contribution in [3.8, 4) is 16.9 Å². The molecule has 1 aliphatic rings. The number of non-ortho nitro benzene ring substituents is 1. The molecule has 10 heteroatoms. The molecule has 0 radical (unpaired) electrons. The average Bonchev–Trinajstić information content (AvgIpc) is 3.06. The Morgan fingerprint density at radius 3 is 1.48 bits per heavy atom. The molecule has 0 bridgehead atoms. The number of phenols is 1. The number of aromatic hydroxyl groups is 1. The molecule has 3 aromatic rings. The summed E-state index contributed by atoms with van der Waals surface area (Å²) in [4.78, 5) is 27.8. The standard InChI is InChI=1S/C13H10.C6H3N3O7/c1-3-7-12-10(5-1)9-11-6-2-4-8-13(11)12;10-6-4(8(13)14)1-3(7(11)12)2-5(6)9(15)16/h1-8H,9H2;1-2,10H. The maximum Gasteiger partial charge on any atom is 0.324 e. The topological polar surface area (TPSA) is 150 Å². The summed E-state index contributed by atoms with van der Waals surface area (Å²) in [6.07, 6.45) is 1.10. The zero-order valence-electron chi connectivity index (χ0n) is 14.7. The van der Waals surface area contributed by atoms with Gasteiger partial charge in [-0.05, 0) is 28.7 Å². The lowest BCUT2D eigenvalue weighted by atomic mass is 10.1. The molecular formula is C19H13N3O7. The molecule has 146 valence electrons. The van der Waals surface area contributed by atoms with Crippen LogP contribution in [-0.2, 0) is 6.42 Å². The van der Waals surface area contributed by atoms with Gasteiger partial charge in [-0.15, -0.1) is 0 Å². The summed E-state index contributed by atoms with van der Waals surface area (Å²) in [5.41, 5.74) is 2.75. The Balaban J connectivity index is 0.000000168. The van der Waals surface area contributed by atoms with E-state index in [1.807, 2.05) is 0 Å². The van der Waals surface area contributed by atoms with Crippen molar-refractivity contribution in [2.24, 2.45) is 0 Å². The van der Waals surface area contributed by atoms with E-state index >= 15 is 0 Å². The molecule has 29 heavy (non-hydrogen) atoms. The number of nitro benzene ring substituents is 3. The van der Waals surface area contributed by atoms with Gasteiger partial charge in [-0.3, -0.25) is 30.3 Å². The van der Waals surface area contributed by atoms with Gasteiger partial charge in [-0.2, -0.15) is 0 Å². The first-order chi connectivity index (χ1) is 13.8. The number of hydrogen-bond acceptors (Lipinski definition) is 7. The fourth-order valence-corrected chi connectivity index (χ4v) is 3.05. The molecule has 0 aromatic heterocycles. The molecule has 1 aliphatic carbocycles. The van der Waals surface area contributed by atoms with Crippen molar-refractivity contribution in [3.63, 3.8) is 0 Å². The molecule has 0 spiro atoms. The number of rotatable bonds is 3. The minimum absolute atomic E-state index is 0.447. The summed E-state index contributed by atoms with van der Waals surface area (Å²) in [7, 11) is 0. The van der Waals surface area contributed by atoms with Crippen LogP contribution in [0.4, 0.5) is 17.1 Å². The summed E-state index contributed by atoms with van der Waals surface area (Å²) in [5.74, 6) is -1.21. The average molecular weight is 395 g/mol. The van der Waals surface area contributed by atoms with E-state index in [1.54, 1.807) is 0 Å². The van der Waals surface area contributed by atoms with E-state index in [-0.39, 0.29) is 0 Å². The minimum Gasteiger partial charge on any atom is -0.497 e. The van der Waals surface area contributed by atoms with Crippen molar-refractivity contribution in [3.05, 3.63) is 102 Å². The molecule has 3 aromatic carbocycles. The van der Waals surface area contributed by atoms with Gasteiger partial charge in [0, 0.05) is 0 Å². The first-order valence-electron chi connectivity index (χ1n) is 8.26. The maximum atomic E-state index is 10.4. The number of phenolic OH excluding ortho intramolecular Hbond substituents is 1. The number of nitrogens with zero attached hydrogens (tertiary/aromatic N) is 3. The third-order valence-electron chi connectivity index (χ3n) is 4.36. The lowest BCUT2D eigenvalue weighted by molar-refractivity contribution is -0.404. The van der Waals surface area contributed by atoms with Crippen LogP contribution in [-0.4, -0.2) is 19.9 Å². The van der Waals surface area contributed by atoms with Crippen LogP contribution in [0.1, 0.15) is 11.1 Å². The highest BCUT2D eigenvalue weighted by Crippen LogP contribution is 2.39. The van der Waals surface area contributed by atoms with Crippen LogP contribution < -0.4 is 0 Å². The SMILES string of the molecule is O=[N+]([O-])c1cc([N+](=O)[O-])c(O)c([N+](=O)[O-])c1.c1ccc2c(c1)Cc1ccccc1-2. The van der Waals surface area contributed by atoms with Crippen molar-refractivity contribution in [1.29, 1.82) is 0 Å². The summed E-state index contributed by atoms with van der Waals surface area (Å²) < 4.78 is 0. The molecular weight excluding hydrogens is 382 g/mol. The van der Waals surface area contributed by atoms with Gasteiger partial charge < -0.3 is 5.11 Å². The quantitative estimate of drug-likeness (QED) is 0.399. The Hall–Kier alpha value is -4.34. The summed E-state index contributed by atoms with van der Waals surface area (Å²) >= 11 is 0. The van der Waals surface area contributed by atoms with Gasteiger partial charge in [-0.25, -0.2) is 0 Å². The molecule has 0 saturated carbocycles. The highest BCUT2D eigenvalue weighted by molar-refractivity contribution is 5.76. The molecule has 10 nitrogen and oxygen atoms in total. The second-order valence-corrected chi connectivity index (χ2v) is 6.10. The highest BCUT2D eigenvalue weighted by atomic mass is 16.6. The van der Waals surface area contributed by atoms with Crippen LogP contribution in [0.5, 0.6) is 5.75 Å². The van der Waals surface area contributed by atoms with Gasteiger partial charge in [0.25, 0.3) is 11.4 Å². The lowest BCUT2D eigenvalue weighted by Crippen LogP contribution is -1.97. The molecule has 1 N–H and O–H groups in total. The van der Waals surface area contributed by atoms with E-state index < -0.39 is 37.6 Å². The fourth-order valence-electron chi connectivity index (χ4n) is 3.05. The van der Waals surface area contributed by atoms with Crippen LogP contribution in [0, 0.1) is 30.3 Å². The molecule has 0 saturated heterocycles. The van der Waals surface area contributed by atoms with Crippen molar-refractivity contribution >= 4 is 17.1 Å². The Labute approximate surface area is 163 Å². The third-order valence-corrected chi connectivity index (χ3v) is 4.36. The van der Waals surface area contributed by atoms with Gasteiger partial charge in [0.2, 0.25) is 0 Å². The van der Waals surface area contributed by atoms with Gasteiger partial charge in [0.05, 0.1) is 26.9 Å². The molecule has 0 fully saturated rings. The fraction of sp³-hybridized carbons (Fsp3) is 0.0526. The van der Waals surface area contributed by atoms with E-state index in [1.165, 1.54) is 22.3 Å². The molecule has 0 unspecified atom stereocenters. The predicted molar refractivity (Wildman–Crippen MR) is 103 cm³/mol. The summed E-state index contributed by atoms with van der Waals surface area (Å²) in [6.45, 7) is 0. The Kier molecular flexibility index (Phi) is 5.17. The second-order valence-electron chi connectivity index (χ2n) is 6.10. The Morgan fingerprint density at radius 1 is 0.690 bits per heavy atom. The highest BCUT2D eigenvalue weighted by Gasteiger charge is 2.30. The first-order valence-corrected chi connectivity index (χ1v) is 8.26. The summed E-state index contributed by atoms with van der Waals surface area (Å²) in [5, 5.41) is 40.2.